The smallest absolute Gasteiger partial charge is 0.198 e. The average molecular weight is 436 g/mol. The summed E-state index contributed by atoms with van der Waals surface area (Å²) in [6.45, 7) is 4.35. The molecule has 3 aromatic rings. The van der Waals surface area contributed by atoms with Crippen LogP contribution < -0.4 is 4.90 Å². The number of benzene rings is 1. The van der Waals surface area contributed by atoms with Gasteiger partial charge in [0.1, 0.15) is 5.82 Å². The molecule has 0 unspecified atom stereocenters. The highest BCUT2D eigenvalue weighted by Crippen LogP contribution is 2.44. The van der Waals surface area contributed by atoms with Gasteiger partial charge in [-0.3, -0.25) is 0 Å². The SMILES string of the molecule is CC1CCN(c2nc(-c3cccc(F)c3)c(-c3n[c]ncc3C3CCCCC3)s2)CC1. The Bertz CT molecular complexity index is 1040. The van der Waals surface area contributed by atoms with Gasteiger partial charge >= 0.3 is 0 Å². The minimum atomic E-state index is -0.244. The minimum absolute atomic E-state index is 0.244. The van der Waals surface area contributed by atoms with Crippen LogP contribution >= 0.6 is 11.3 Å². The van der Waals surface area contributed by atoms with Gasteiger partial charge in [-0.2, -0.15) is 0 Å². The first-order valence-corrected chi connectivity index (χ1v) is 12.3. The molecule has 3 heterocycles. The summed E-state index contributed by atoms with van der Waals surface area (Å²) >= 11 is 1.68. The molecule has 1 saturated carbocycles. The topological polar surface area (TPSA) is 41.9 Å². The van der Waals surface area contributed by atoms with Crippen molar-refractivity contribution in [3.05, 3.63) is 48.2 Å². The number of rotatable bonds is 4. The number of piperidine rings is 1. The fraction of sp³-hybridized carbons (Fsp3) is 0.480. The van der Waals surface area contributed by atoms with Crippen LogP contribution in [0.15, 0.2) is 30.5 Å². The molecule has 1 radical (unpaired) electrons. The maximum atomic E-state index is 14.1. The summed E-state index contributed by atoms with van der Waals surface area (Å²) < 4.78 is 14.1. The molecule has 6 heteroatoms. The zero-order chi connectivity index (χ0) is 21.2. The zero-order valence-electron chi connectivity index (χ0n) is 18.0. The largest absolute Gasteiger partial charge is 0.348 e. The molecule has 4 nitrogen and oxygen atoms in total. The van der Waals surface area contributed by atoms with Crippen molar-refractivity contribution in [3.8, 4) is 21.8 Å². The van der Waals surface area contributed by atoms with Gasteiger partial charge in [-0.25, -0.2) is 19.3 Å². The molecule has 2 fully saturated rings. The van der Waals surface area contributed by atoms with Gasteiger partial charge in [-0.1, -0.05) is 49.7 Å². The molecule has 0 atom stereocenters. The first kappa shape index (κ1) is 20.6. The molecule has 31 heavy (non-hydrogen) atoms. The first-order chi connectivity index (χ1) is 15.2. The maximum Gasteiger partial charge on any atom is 0.198 e. The Hall–Kier alpha value is -2.34. The molecule has 0 amide bonds. The summed E-state index contributed by atoms with van der Waals surface area (Å²) in [6, 6.07) is 6.75. The molecule has 0 bridgehead atoms. The number of hydrogen-bond acceptors (Lipinski definition) is 5. The molecule has 2 aliphatic rings. The Morgan fingerprint density at radius 1 is 1.06 bits per heavy atom. The second kappa shape index (κ2) is 9.03. The van der Waals surface area contributed by atoms with E-state index in [2.05, 4.69) is 28.1 Å². The Morgan fingerprint density at radius 2 is 1.87 bits per heavy atom. The first-order valence-electron chi connectivity index (χ1n) is 11.4. The highest BCUT2D eigenvalue weighted by Gasteiger charge is 2.27. The van der Waals surface area contributed by atoms with E-state index in [9.17, 15) is 4.39 Å². The molecular weight excluding hydrogens is 407 g/mol. The van der Waals surface area contributed by atoms with E-state index in [-0.39, 0.29) is 5.82 Å². The van der Waals surface area contributed by atoms with Crippen molar-refractivity contribution in [1.29, 1.82) is 0 Å². The highest BCUT2D eigenvalue weighted by atomic mass is 32.1. The van der Waals surface area contributed by atoms with Gasteiger partial charge < -0.3 is 4.90 Å². The summed E-state index contributed by atoms with van der Waals surface area (Å²) in [4.78, 5) is 17.3. The third-order valence-corrected chi connectivity index (χ3v) is 7.85. The van der Waals surface area contributed by atoms with E-state index >= 15 is 0 Å². The van der Waals surface area contributed by atoms with Crippen molar-refractivity contribution in [3.63, 3.8) is 0 Å². The molecule has 2 aromatic heterocycles. The highest BCUT2D eigenvalue weighted by molar-refractivity contribution is 7.19. The lowest BCUT2D eigenvalue weighted by molar-refractivity contribution is 0.438. The van der Waals surface area contributed by atoms with Gasteiger partial charge in [-0.05, 0) is 49.7 Å². The molecular formula is C25H28FN4S. The van der Waals surface area contributed by atoms with Gasteiger partial charge in [0.15, 0.2) is 11.5 Å². The van der Waals surface area contributed by atoms with Gasteiger partial charge in [-0.15, -0.1) is 0 Å². The zero-order valence-corrected chi connectivity index (χ0v) is 18.8. The number of anilines is 1. The van der Waals surface area contributed by atoms with E-state index in [1.165, 1.54) is 56.6 Å². The van der Waals surface area contributed by atoms with Gasteiger partial charge in [0, 0.05) is 30.4 Å². The predicted molar refractivity (Wildman–Crippen MR) is 124 cm³/mol. The molecule has 0 spiro atoms. The van der Waals surface area contributed by atoms with E-state index in [1.807, 2.05) is 12.3 Å². The van der Waals surface area contributed by atoms with Crippen LogP contribution in [0.5, 0.6) is 0 Å². The number of thiazole rings is 1. The Balaban J connectivity index is 1.61. The monoisotopic (exact) mass is 435 g/mol. The van der Waals surface area contributed by atoms with Gasteiger partial charge in [0.2, 0.25) is 0 Å². The predicted octanol–water partition coefficient (Wildman–Crippen LogP) is 6.49. The van der Waals surface area contributed by atoms with E-state index in [1.54, 1.807) is 23.5 Å². The van der Waals surface area contributed by atoms with Crippen molar-refractivity contribution in [2.24, 2.45) is 5.92 Å². The van der Waals surface area contributed by atoms with Crippen LogP contribution in [0.25, 0.3) is 21.8 Å². The summed E-state index contributed by atoms with van der Waals surface area (Å²) in [5.74, 6) is 0.986. The van der Waals surface area contributed by atoms with E-state index in [0.717, 1.165) is 46.0 Å². The molecule has 1 aliphatic carbocycles. The van der Waals surface area contributed by atoms with E-state index < -0.39 is 0 Å². The summed E-state index contributed by atoms with van der Waals surface area (Å²) in [5, 5.41) is 1.01. The third-order valence-electron chi connectivity index (χ3n) is 6.72. The van der Waals surface area contributed by atoms with Crippen LogP contribution in [0.3, 0.4) is 0 Å². The second-order valence-corrected chi connectivity index (χ2v) is 9.94. The lowest BCUT2D eigenvalue weighted by atomic mass is 9.83. The molecule has 5 rings (SSSR count). The Kier molecular flexibility index (Phi) is 5.99. The fourth-order valence-corrected chi connectivity index (χ4v) is 5.98. The van der Waals surface area contributed by atoms with Crippen molar-refractivity contribution in [1.82, 2.24) is 15.0 Å². The minimum Gasteiger partial charge on any atom is -0.348 e. The second-order valence-electron chi connectivity index (χ2n) is 8.96. The number of halogens is 1. The third kappa shape index (κ3) is 4.36. The molecule has 1 saturated heterocycles. The lowest BCUT2D eigenvalue weighted by Gasteiger charge is -2.29. The quantitative estimate of drug-likeness (QED) is 0.470. The molecule has 1 aliphatic heterocycles. The number of aromatic nitrogens is 3. The normalized spacial score (nSPS) is 18.5. The van der Waals surface area contributed by atoms with Crippen molar-refractivity contribution >= 4 is 16.5 Å². The Labute approximate surface area is 187 Å². The van der Waals surface area contributed by atoms with Crippen molar-refractivity contribution in [2.45, 2.75) is 57.8 Å². The molecule has 0 N–H and O–H groups in total. The van der Waals surface area contributed by atoms with Gasteiger partial charge in [0.25, 0.3) is 0 Å². The van der Waals surface area contributed by atoms with Crippen molar-refractivity contribution in [2.75, 3.05) is 18.0 Å². The van der Waals surface area contributed by atoms with Crippen LogP contribution in [0.1, 0.15) is 63.4 Å². The number of nitrogens with zero attached hydrogens (tertiary/aromatic N) is 4. The fourth-order valence-electron chi connectivity index (χ4n) is 4.83. The lowest BCUT2D eigenvalue weighted by Crippen LogP contribution is -2.32. The summed E-state index contributed by atoms with van der Waals surface area (Å²) in [5.41, 5.74) is 3.74. The summed E-state index contributed by atoms with van der Waals surface area (Å²) in [7, 11) is 0. The summed E-state index contributed by atoms with van der Waals surface area (Å²) in [6.07, 6.45) is 13.3. The molecule has 161 valence electrons. The van der Waals surface area contributed by atoms with Gasteiger partial charge in [0.05, 0.1) is 16.3 Å². The standard InChI is InChI=1S/C25H28FN4S/c1-17-10-12-30(13-11-17)25-29-22(19-8-5-9-20(26)14-19)24(31-25)23-21(15-27-16-28-23)18-6-3-2-4-7-18/h5,8-9,14-15,17-18H,2-4,6-7,10-13H2,1H3. The molecule has 1 aromatic carbocycles. The van der Waals surface area contributed by atoms with Crippen LogP contribution in [0.2, 0.25) is 0 Å². The Morgan fingerprint density at radius 3 is 2.65 bits per heavy atom. The van der Waals surface area contributed by atoms with Crippen molar-refractivity contribution < 1.29 is 4.39 Å². The van der Waals surface area contributed by atoms with E-state index in [0.29, 0.717) is 5.92 Å². The van der Waals surface area contributed by atoms with E-state index in [4.69, 9.17) is 4.98 Å². The van der Waals surface area contributed by atoms with Crippen LogP contribution in [0, 0.1) is 18.1 Å². The van der Waals surface area contributed by atoms with Crippen LogP contribution in [0.4, 0.5) is 9.52 Å². The van der Waals surface area contributed by atoms with Crippen LogP contribution in [-0.4, -0.2) is 28.0 Å². The van der Waals surface area contributed by atoms with Crippen LogP contribution in [-0.2, 0) is 0 Å². The number of hydrogen-bond donors (Lipinski definition) is 0. The maximum absolute atomic E-state index is 14.1. The average Bonchev–Trinajstić information content (AvgIpc) is 3.25.